The number of anilines is 1. The molecular weight excluding hydrogens is 278 g/mol. The number of nitrogens with one attached hydrogen (secondary N) is 1. The molecule has 1 saturated carbocycles. The predicted octanol–water partition coefficient (Wildman–Crippen LogP) is 2.94. The Hall–Kier alpha value is -0.610. The summed E-state index contributed by atoms with van der Waals surface area (Å²) >= 11 is 3.50. The van der Waals surface area contributed by atoms with Crippen molar-refractivity contribution in [1.29, 1.82) is 0 Å². The van der Waals surface area contributed by atoms with E-state index in [2.05, 4.69) is 51.2 Å². The fourth-order valence-electron chi connectivity index (χ4n) is 1.96. The van der Waals surface area contributed by atoms with Crippen LogP contribution in [0.1, 0.15) is 31.7 Å². The van der Waals surface area contributed by atoms with Gasteiger partial charge in [-0.25, -0.2) is 4.98 Å². The minimum atomic E-state index is 0.702. The molecule has 1 aliphatic carbocycles. The molecule has 3 nitrogen and oxygen atoms in total. The Morgan fingerprint density at radius 2 is 2.29 bits per heavy atom. The first-order valence-electron chi connectivity index (χ1n) is 6.30. The van der Waals surface area contributed by atoms with Crippen molar-refractivity contribution in [2.45, 2.75) is 38.8 Å². The largest absolute Gasteiger partial charge is 0.356 e. The van der Waals surface area contributed by atoms with Crippen LogP contribution in [0, 0.1) is 0 Å². The smallest absolute Gasteiger partial charge is 0.133 e. The molecule has 0 atom stereocenters. The molecule has 1 heterocycles. The van der Waals surface area contributed by atoms with Crippen LogP contribution in [-0.4, -0.2) is 24.6 Å². The maximum absolute atomic E-state index is 4.56. The van der Waals surface area contributed by atoms with Crippen molar-refractivity contribution in [2.75, 3.05) is 18.5 Å². The van der Waals surface area contributed by atoms with E-state index in [9.17, 15) is 0 Å². The Bertz CT molecular complexity index is 377. The lowest BCUT2D eigenvalue weighted by Gasteiger charge is -2.21. The Labute approximate surface area is 112 Å². The van der Waals surface area contributed by atoms with Crippen molar-refractivity contribution in [2.24, 2.45) is 0 Å². The first-order valence-corrected chi connectivity index (χ1v) is 7.09. The van der Waals surface area contributed by atoms with Crippen LogP contribution in [0.5, 0.6) is 0 Å². The number of halogens is 1. The van der Waals surface area contributed by atoms with Crippen LogP contribution >= 0.6 is 15.9 Å². The van der Waals surface area contributed by atoms with Crippen molar-refractivity contribution >= 4 is 21.7 Å². The minimum Gasteiger partial charge on any atom is -0.356 e. The van der Waals surface area contributed by atoms with Crippen LogP contribution in [0.4, 0.5) is 5.82 Å². The monoisotopic (exact) mass is 297 g/mol. The van der Waals surface area contributed by atoms with E-state index in [-0.39, 0.29) is 0 Å². The molecule has 0 radical (unpaired) electrons. The molecule has 2 rings (SSSR count). The summed E-state index contributed by atoms with van der Waals surface area (Å²) in [6.45, 7) is 4.13. The van der Waals surface area contributed by atoms with Gasteiger partial charge in [-0.1, -0.05) is 6.92 Å². The Morgan fingerprint density at radius 3 is 2.94 bits per heavy atom. The van der Waals surface area contributed by atoms with Crippen molar-refractivity contribution in [3.63, 3.8) is 0 Å². The van der Waals surface area contributed by atoms with Gasteiger partial charge in [0, 0.05) is 35.9 Å². The summed E-state index contributed by atoms with van der Waals surface area (Å²) in [6, 6.07) is 2.87. The molecule has 0 spiro atoms. The summed E-state index contributed by atoms with van der Waals surface area (Å²) in [7, 11) is 2.15. The summed E-state index contributed by atoms with van der Waals surface area (Å²) in [6.07, 6.45) is 5.65. The van der Waals surface area contributed by atoms with E-state index in [1.54, 1.807) is 0 Å². The van der Waals surface area contributed by atoms with E-state index in [1.165, 1.54) is 18.4 Å². The number of hydrogen-bond donors (Lipinski definition) is 1. The van der Waals surface area contributed by atoms with Gasteiger partial charge in [0.05, 0.1) is 0 Å². The number of nitrogens with zero attached hydrogens (tertiary/aromatic N) is 2. The van der Waals surface area contributed by atoms with Gasteiger partial charge in [0.1, 0.15) is 5.82 Å². The predicted molar refractivity (Wildman–Crippen MR) is 75.4 cm³/mol. The van der Waals surface area contributed by atoms with Crippen molar-refractivity contribution in [3.8, 4) is 0 Å². The highest BCUT2D eigenvalue weighted by Crippen LogP contribution is 2.31. The number of pyridine rings is 1. The van der Waals surface area contributed by atoms with E-state index in [1.807, 2.05) is 6.20 Å². The van der Waals surface area contributed by atoms with Crippen LogP contribution in [0.25, 0.3) is 0 Å². The molecule has 0 amide bonds. The minimum absolute atomic E-state index is 0.702. The number of rotatable bonds is 6. The highest BCUT2D eigenvalue weighted by atomic mass is 79.9. The zero-order chi connectivity index (χ0) is 12.3. The number of aromatic nitrogens is 1. The molecule has 1 aromatic rings. The van der Waals surface area contributed by atoms with Gasteiger partial charge in [-0.3, -0.25) is 0 Å². The first kappa shape index (κ1) is 12.8. The molecule has 0 aromatic carbocycles. The summed E-state index contributed by atoms with van der Waals surface area (Å²) in [5.74, 6) is 1.12. The molecule has 94 valence electrons. The van der Waals surface area contributed by atoms with Gasteiger partial charge in [-0.2, -0.15) is 0 Å². The lowest BCUT2D eigenvalue weighted by Crippen LogP contribution is -2.24. The molecule has 0 saturated heterocycles. The maximum atomic E-state index is 4.56. The Balaban J connectivity index is 2.11. The third-order valence-electron chi connectivity index (χ3n) is 3.08. The highest BCUT2D eigenvalue weighted by Gasteiger charge is 2.28. The van der Waals surface area contributed by atoms with Gasteiger partial charge in [-0.15, -0.1) is 0 Å². The summed E-state index contributed by atoms with van der Waals surface area (Å²) in [5, 5.41) is 3.45. The topological polar surface area (TPSA) is 28.2 Å². The second kappa shape index (κ2) is 5.83. The van der Waals surface area contributed by atoms with Gasteiger partial charge < -0.3 is 10.2 Å². The highest BCUT2D eigenvalue weighted by molar-refractivity contribution is 9.10. The van der Waals surface area contributed by atoms with Crippen molar-refractivity contribution in [3.05, 3.63) is 22.3 Å². The van der Waals surface area contributed by atoms with Crippen LogP contribution in [0.2, 0.25) is 0 Å². The van der Waals surface area contributed by atoms with E-state index < -0.39 is 0 Å². The van der Waals surface area contributed by atoms with Gasteiger partial charge in [0.15, 0.2) is 0 Å². The standard InChI is InChI=1S/C13H20BrN3/c1-3-6-15-8-10-7-11(14)9-16-13(10)17(2)12-4-5-12/h7,9,12,15H,3-6,8H2,1-2H3. The van der Waals surface area contributed by atoms with Gasteiger partial charge in [0.2, 0.25) is 0 Å². The molecule has 1 aliphatic rings. The van der Waals surface area contributed by atoms with Crippen LogP contribution < -0.4 is 10.2 Å². The van der Waals surface area contributed by atoms with Gasteiger partial charge >= 0.3 is 0 Å². The van der Waals surface area contributed by atoms with Crippen LogP contribution in [-0.2, 0) is 6.54 Å². The maximum Gasteiger partial charge on any atom is 0.133 e. The Kier molecular flexibility index (Phi) is 4.40. The second-order valence-corrected chi connectivity index (χ2v) is 5.57. The molecule has 4 heteroatoms. The SMILES string of the molecule is CCCNCc1cc(Br)cnc1N(C)C1CC1. The molecule has 0 unspecified atom stereocenters. The molecule has 1 N–H and O–H groups in total. The fourth-order valence-corrected chi connectivity index (χ4v) is 2.33. The molecule has 17 heavy (non-hydrogen) atoms. The van der Waals surface area contributed by atoms with E-state index in [0.29, 0.717) is 6.04 Å². The van der Waals surface area contributed by atoms with Crippen molar-refractivity contribution < 1.29 is 0 Å². The van der Waals surface area contributed by atoms with E-state index in [0.717, 1.165) is 29.8 Å². The van der Waals surface area contributed by atoms with Crippen LogP contribution in [0.15, 0.2) is 16.7 Å². The average Bonchev–Trinajstić information content (AvgIpc) is 3.13. The fraction of sp³-hybridized carbons (Fsp3) is 0.615. The summed E-state index contributed by atoms with van der Waals surface area (Å²) in [4.78, 5) is 6.87. The number of hydrogen-bond acceptors (Lipinski definition) is 3. The quantitative estimate of drug-likeness (QED) is 0.819. The van der Waals surface area contributed by atoms with Crippen LogP contribution in [0.3, 0.4) is 0 Å². The third-order valence-corrected chi connectivity index (χ3v) is 3.51. The van der Waals surface area contributed by atoms with Gasteiger partial charge in [0.25, 0.3) is 0 Å². The zero-order valence-corrected chi connectivity index (χ0v) is 12.1. The molecule has 1 aromatic heterocycles. The van der Waals surface area contributed by atoms with Gasteiger partial charge in [-0.05, 0) is 47.8 Å². The second-order valence-electron chi connectivity index (χ2n) is 4.66. The molecular formula is C13H20BrN3. The first-order chi connectivity index (χ1) is 8.22. The molecule has 0 aliphatic heterocycles. The van der Waals surface area contributed by atoms with E-state index >= 15 is 0 Å². The summed E-state index contributed by atoms with van der Waals surface area (Å²) < 4.78 is 1.05. The molecule has 1 fully saturated rings. The third kappa shape index (κ3) is 3.42. The normalized spacial score (nSPS) is 15.0. The van der Waals surface area contributed by atoms with Crippen molar-refractivity contribution in [1.82, 2.24) is 10.3 Å². The molecule has 0 bridgehead atoms. The lowest BCUT2D eigenvalue weighted by atomic mass is 10.2. The Morgan fingerprint density at radius 1 is 1.53 bits per heavy atom. The average molecular weight is 298 g/mol. The summed E-state index contributed by atoms with van der Waals surface area (Å²) in [5.41, 5.74) is 1.28. The zero-order valence-electron chi connectivity index (χ0n) is 10.5. The lowest BCUT2D eigenvalue weighted by molar-refractivity contribution is 0.671. The van der Waals surface area contributed by atoms with E-state index in [4.69, 9.17) is 0 Å².